The van der Waals surface area contributed by atoms with Gasteiger partial charge in [-0.2, -0.15) is 0 Å². The number of hydrogen-bond donors (Lipinski definition) is 1. The summed E-state index contributed by atoms with van der Waals surface area (Å²) in [6.45, 7) is 2.52. The summed E-state index contributed by atoms with van der Waals surface area (Å²) in [7, 11) is -2.35. The van der Waals surface area contributed by atoms with E-state index < -0.39 is 15.8 Å². The summed E-state index contributed by atoms with van der Waals surface area (Å²) in [5, 5.41) is 0. The van der Waals surface area contributed by atoms with Gasteiger partial charge in [-0.15, -0.1) is 0 Å². The fourth-order valence-corrected chi connectivity index (χ4v) is 5.00. The number of nitrogens with one attached hydrogen (secondary N) is 1. The Morgan fingerprint density at radius 3 is 2.32 bits per heavy atom. The molecule has 1 aliphatic heterocycles. The molecule has 0 spiro atoms. The summed E-state index contributed by atoms with van der Waals surface area (Å²) in [4.78, 5) is 17.3. The van der Waals surface area contributed by atoms with Crippen LogP contribution in [0.15, 0.2) is 77.7 Å². The molecule has 4 rings (SSSR count). The molecule has 1 saturated heterocycles. The molecule has 0 bridgehead atoms. The van der Waals surface area contributed by atoms with Crippen LogP contribution in [-0.2, 0) is 10.0 Å². The molecule has 7 nitrogen and oxygen atoms in total. The van der Waals surface area contributed by atoms with Crippen molar-refractivity contribution in [3.63, 3.8) is 0 Å². The van der Waals surface area contributed by atoms with Crippen LogP contribution in [0.25, 0.3) is 0 Å². The number of para-hydroxylation sites is 1. The standard InChI is InChI=1S/C25H26FN3O4S/c1-33-21-11-9-20(10-12-21)28-15-4-16-29(18-17-28)25(30)23-5-2-3-6-24(23)27-34(31,32)22-13-7-19(26)8-14-22/h2-3,5-14,27H,4,15-18H2,1H3. The van der Waals surface area contributed by atoms with Gasteiger partial charge in [0.2, 0.25) is 0 Å². The lowest BCUT2D eigenvalue weighted by molar-refractivity contribution is 0.0768. The number of nitrogens with zero attached hydrogens (tertiary/aromatic N) is 2. The second-order valence-electron chi connectivity index (χ2n) is 7.94. The van der Waals surface area contributed by atoms with E-state index in [0.29, 0.717) is 19.6 Å². The maximum atomic E-state index is 13.4. The molecule has 3 aromatic rings. The Kier molecular flexibility index (Phi) is 7.02. The third-order valence-corrected chi connectivity index (χ3v) is 7.13. The normalized spacial score (nSPS) is 14.4. The predicted molar refractivity (Wildman–Crippen MR) is 129 cm³/mol. The van der Waals surface area contributed by atoms with Gasteiger partial charge in [0, 0.05) is 31.9 Å². The van der Waals surface area contributed by atoms with Crippen LogP contribution in [0.1, 0.15) is 16.8 Å². The van der Waals surface area contributed by atoms with Gasteiger partial charge < -0.3 is 14.5 Å². The molecule has 0 radical (unpaired) electrons. The van der Waals surface area contributed by atoms with Gasteiger partial charge >= 0.3 is 0 Å². The highest BCUT2D eigenvalue weighted by Crippen LogP contribution is 2.24. The van der Waals surface area contributed by atoms with E-state index in [9.17, 15) is 17.6 Å². The summed E-state index contributed by atoms with van der Waals surface area (Å²) < 4.78 is 46.5. The van der Waals surface area contributed by atoms with E-state index in [1.807, 2.05) is 24.3 Å². The van der Waals surface area contributed by atoms with E-state index in [-0.39, 0.29) is 22.1 Å². The number of carbonyl (C=O) groups excluding carboxylic acids is 1. The summed E-state index contributed by atoms with van der Waals surface area (Å²) in [6, 6.07) is 18.9. The Bertz CT molecular complexity index is 1250. The first-order valence-corrected chi connectivity index (χ1v) is 12.4. The Hall–Kier alpha value is -3.59. The van der Waals surface area contributed by atoms with Crippen molar-refractivity contribution in [3.8, 4) is 5.75 Å². The number of anilines is 2. The van der Waals surface area contributed by atoms with E-state index in [1.165, 1.54) is 12.1 Å². The summed E-state index contributed by atoms with van der Waals surface area (Å²) in [6.07, 6.45) is 0.779. The van der Waals surface area contributed by atoms with Gasteiger partial charge in [-0.1, -0.05) is 12.1 Å². The minimum absolute atomic E-state index is 0.0824. The van der Waals surface area contributed by atoms with Gasteiger partial charge in [0.1, 0.15) is 11.6 Å². The fourth-order valence-electron chi connectivity index (χ4n) is 3.92. The minimum Gasteiger partial charge on any atom is -0.497 e. The van der Waals surface area contributed by atoms with Crippen LogP contribution in [0.2, 0.25) is 0 Å². The van der Waals surface area contributed by atoms with Gasteiger partial charge in [0.15, 0.2) is 0 Å². The number of sulfonamides is 1. The van der Waals surface area contributed by atoms with E-state index in [0.717, 1.165) is 36.5 Å². The van der Waals surface area contributed by atoms with Gasteiger partial charge in [0.25, 0.3) is 15.9 Å². The summed E-state index contributed by atoms with van der Waals surface area (Å²) in [5.41, 5.74) is 1.52. The number of carbonyl (C=O) groups is 1. The van der Waals surface area contributed by atoms with Crippen molar-refractivity contribution in [2.75, 3.05) is 42.9 Å². The van der Waals surface area contributed by atoms with Crippen molar-refractivity contribution in [1.82, 2.24) is 4.90 Å². The van der Waals surface area contributed by atoms with Crippen LogP contribution in [0.3, 0.4) is 0 Å². The molecule has 0 aromatic heterocycles. The smallest absolute Gasteiger partial charge is 0.261 e. The highest BCUT2D eigenvalue weighted by atomic mass is 32.2. The maximum Gasteiger partial charge on any atom is 0.261 e. The molecule has 34 heavy (non-hydrogen) atoms. The number of benzene rings is 3. The predicted octanol–water partition coefficient (Wildman–Crippen LogP) is 3.99. The van der Waals surface area contributed by atoms with Gasteiger partial charge in [-0.3, -0.25) is 9.52 Å². The van der Waals surface area contributed by atoms with E-state index >= 15 is 0 Å². The molecule has 0 saturated carbocycles. The van der Waals surface area contributed by atoms with Crippen molar-refractivity contribution in [1.29, 1.82) is 0 Å². The Morgan fingerprint density at radius 2 is 1.62 bits per heavy atom. The largest absolute Gasteiger partial charge is 0.497 e. The molecular weight excluding hydrogens is 457 g/mol. The molecule has 1 N–H and O–H groups in total. The molecule has 1 heterocycles. The van der Waals surface area contributed by atoms with Gasteiger partial charge in [-0.25, -0.2) is 12.8 Å². The first-order valence-electron chi connectivity index (χ1n) is 10.9. The Labute approximate surface area is 198 Å². The highest BCUT2D eigenvalue weighted by molar-refractivity contribution is 7.92. The van der Waals surface area contributed by atoms with E-state index in [1.54, 1.807) is 36.3 Å². The average molecular weight is 484 g/mol. The number of ether oxygens (including phenoxy) is 1. The lowest BCUT2D eigenvalue weighted by Crippen LogP contribution is -2.35. The second kappa shape index (κ2) is 10.1. The quantitative estimate of drug-likeness (QED) is 0.574. The van der Waals surface area contributed by atoms with Crippen molar-refractivity contribution >= 4 is 27.3 Å². The number of halogens is 1. The number of rotatable bonds is 6. The molecule has 178 valence electrons. The molecule has 1 aliphatic rings. The van der Waals surface area contributed by atoms with Gasteiger partial charge in [0.05, 0.1) is 23.3 Å². The van der Waals surface area contributed by atoms with Crippen LogP contribution in [-0.4, -0.2) is 52.5 Å². The van der Waals surface area contributed by atoms with Crippen molar-refractivity contribution < 1.29 is 22.3 Å². The zero-order chi connectivity index (χ0) is 24.1. The zero-order valence-corrected chi connectivity index (χ0v) is 19.6. The Morgan fingerprint density at radius 1 is 0.912 bits per heavy atom. The zero-order valence-electron chi connectivity index (χ0n) is 18.8. The lowest BCUT2D eigenvalue weighted by atomic mass is 10.1. The molecule has 0 atom stereocenters. The number of amides is 1. The minimum atomic E-state index is -3.98. The molecule has 9 heteroatoms. The molecular formula is C25H26FN3O4S. The number of methoxy groups -OCH3 is 1. The van der Waals surface area contributed by atoms with Gasteiger partial charge in [-0.05, 0) is 67.1 Å². The Balaban J connectivity index is 1.49. The van der Waals surface area contributed by atoms with Crippen LogP contribution in [0.4, 0.5) is 15.8 Å². The van der Waals surface area contributed by atoms with Crippen LogP contribution >= 0.6 is 0 Å². The third-order valence-electron chi connectivity index (χ3n) is 5.75. The van der Waals surface area contributed by atoms with Crippen LogP contribution in [0, 0.1) is 5.82 Å². The topological polar surface area (TPSA) is 79.0 Å². The van der Waals surface area contributed by atoms with Crippen LogP contribution in [0.5, 0.6) is 5.75 Å². The van der Waals surface area contributed by atoms with Crippen molar-refractivity contribution in [2.45, 2.75) is 11.3 Å². The number of hydrogen-bond acceptors (Lipinski definition) is 5. The summed E-state index contributed by atoms with van der Waals surface area (Å²) in [5.74, 6) is 0.0171. The third kappa shape index (κ3) is 5.31. The maximum absolute atomic E-state index is 13.4. The summed E-state index contributed by atoms with van der Waals surface area (Å²) >= 11 is 0. The molecule has 1 amide bonds. The van der Waals surface area contributed by atoms with Crippen LogP contribution < -0.4 is 14.4 Å². The van der Waals surface area contributed by atoms with E-state index in [2.05, 4.69) is 9.62 Å². The van der Waals surface area contributed by atoms with E-state index in [4.69, 9.17) is 4.74 Å². The van der Waals surface area contributed by atoms with Crippen molar-refractivity contribution in [3.05, 3.63) is 84.2 Å². The fraction of sp³-hybridized carbons (Fsp3) is 0.240. The second-order valence-corrected chi connectivity index (χ2v) is 9.62. The molecule has 0 aliphatic carbocycles. The highest BCUT2D eigenvalue weighted by Gasteiger charge is 2.24. The first-order chi connectivity index (χ1) is 16.4. The molecule has 1 fully saturated rings. The molecule has 3 aromatic carbocycles. The SMILES string of the molecule is COc1ccc(N2CCCN(C(=O)c3ccccc3NS(=O)(=O)c3ccc(F)cc3)CC2)cc1. The first kappa shape index (κ1) is 23.6. The molecule has 0 unspecified atom stereocenters. The van der Waals surface area contributed by atoms with Crippen molar-refractivity contribution in [2.24, 2.45) is 0 Å². The monoisotopic (exact) mass is 483 g/mol. The average Bonchev–Trinajstić information content (AvgIpc) is 3.10. The lowest BCUT2D eigenvalue weighted by Gasteiger charge is -2.24.